The highest BCUT2D eigenvalue weighted by atomic mass is 32.2. The lowest BCUT2D eigenvalue weighted by atomic mass is 10.1. The van der Waals surface area contributed by atoms with E-state index in [0.29, 0.717) is 6.04 Å². The van der Waals surface area contributed by atoms with Crippen molar-refractivity contribution in [3.05, 3.63) is 76.6 Å². The summed E-state index contributed by atoms with van der Waals surface area (Å²) in [5.74, 6) is 0. The molecular weight excluding hydrogens is 368 g/mol. The second-order valence-corrected chi connectivity index (χ2v) is 8.57. The van der Waals surface area contributed by atoms with Gasteiger partial charge >= 0.3 is 0 Å². The van der Waals surface area contributed by atoms with Gasteiger partial charge in [0, 0.05) is 19.6 Å². The van der Waals surface area contributed by atoms with Crippen LogP contribution in [0, 0.1) is 13.8 Å². The van der Waals surface area contributed by atoms with Gasteiger partial charge in [0.15, 0.2) is 0 Å². The van der Waals surface area contributed by atoms with Crippen LogP contribution in [0.2, 0.25) is 0 Å². The van der Waals surface area contributed by atoms with E-state index in [4.69, 9.17) is 0 Å². The second-order valence-electron chi connectivity index (χ2n) is 7.36. The molecule has 1 heterocycles. The predicted molar refractivity (Wildman–Crippen MR) is 113 cm³/mol. The molecule has 0 bridgehead atoms. The van der Waals surface area contributed by atoms with E-state index < -0.39 is 11.0 Å². The third-order valence-corrected chi connectivity index (χ3v) is 6.62. The number of aryl methyl sites for hydroxylation is 3. The van der Waals surface area contributed by atoms with Crippen molar-refractivity contribution in [1.82, 2.24) is 15.1 Å². The maximum Gasteiger partial charge on any atom is 0.150 e. The molecule has 146 valence electrons. The van der Waals surface area contributed by atoms with Gasteiger partial charge in [0.25, 0.3) is 0 Å². The summed E-state index contributed by atoms with van der Waals surface area (Å²) in [6.45, 7) is 4.69. The van der Waals surface area contributed by atoms with Crippen molar-refractivity contribution in [2.24, 2.45) is 7.05 Å². The van der Waals surface area contributed by atoms with Crippen molar-refractivity contribution in [2.45, 2.75) is 44.2 Å². The highest BCUT2D eigenvalue weighted by Gasteiger charge is 2.21. The minimum absolute atomic E-state index is 0.420. The minimum Gasteiger partial charge on any atom is -0.306 e. The lowest BCUT2D eigenvalue weighted by Crippen LogP contribution is -2.18. The first-order valence-corrected chi connectivity index (χ1v) is 10.8. The Hall–Kier alpha value is -2.44. The number of nitrogens with zero attached hydrogens (tertiary/aromatic N) is 2. The number of benzene rings is 2. The summed E-state index contributed by atoms with van der Waals surface area (Å²) >= 11 is 0. The van der Waals surface area contributed by atoms with E-state index in [1.807, 2.05) is 45.2 Å². The molecule has 5 nitrogen and oxygen atoms in total. The van der Waals surface area contributed by atoms with Crippen molar-refractivity contribution >= 4 is 16.7 Å². The lowest BCUT2D eigenvalue weighted by molar-refractivity contribution is 0.530. The van der Waals surface area contributed by atoms with E-state index in [2.05, 4.69) is 39.4 Å². The van der Waals surface area contributed by atoms with Gasteiger partial charge in [-0.2, -0.15) is 5.10 Å². The molecule has 0 radical (unpaired) electrons. The number of anilines is 1. The predicted octanol–water partition coefficient (Wildman–Crippen LogP) is 3.95. The molecule has 2 atom stereocenters. The second kappa shape index (κ2) is 7.89. The number of hydrogen-bond acceptors (Lipinski definition) is 3. The van der Waals surface area contributed by atoms with Crippen LogP contribution >= 0.6 is 0 Å². The molecule has 0 saturated heterocycles. The first-order chi connectivity index (χ1) is 13.5. The summed E-state index contributed by atoms with van der Waals surface area (Å²) in [6, 6.07) is 17.1. The average molecular weight is 395 g/mol. The van der Waals surface area contributed by atoms with Crippen LogP contribution < -0.4 is 10.0 Å². The van der Waals surface area contributed by atoms with Crippen molar-refractivity contribution in [3.63, 3.8) is 0 Å². The van der Waals surface area contributed by atoms with Gasteiger partial charge in [-0.1, -0.05) is 36.4 Å². The largest absolute Gasteiger partial charge is 0.306 e. The molecule has 2 aromatic carbocycles. The zero-order chi connectivity index (χ0) is 19.7. The Balaban J connectivity index is 1.38. The fourth-order valence-corrected chi connectivity index (χ4v) is 4.80. The van der Waals surface area contributed by atoms with Gasteiger partial charge in [-0.05, 0) is 55.5 Å². The van der Waals surface area contributed by atoms with Gasteiger partial charge in [-0.25, -0.2) is 4.21 Å². The quantitative estimate of drug-likeness (QED) is 0.666. The molecule has 28 heavy (non-hydrogen) atoms. The lowest BCUT2D eigenvalue weighted by Gasteiger charge is -2.14. The summed E-state index contributed by atoms with van der Waals surface area (Å²) in [4.78, 5) is 0.762. The van der Waals surface area contributed by atoms with E-state index in [1.54, 1.807) is 4.68 Å². The number of aromatic nitrogens is 2. The Kier molecular flexibility index (Phi) is 5.33. The van der Waals surface area contributed by atoms with E-state index >= 15 is 0 Å². The number of hydrogen-bond donors (Lipinski definition) is 2. The normalized spacial score (nSPS) is 16.8. The third kappa shape index (κ3) is 3.75. The van der Waals surface area contributed by atoms with Crippen molar-refractivity contribution in [2.75, 3.05) is 4.72 Å². The Bertz CT molecular complexity index is 1010. The molecule has 1 aromatic heterocycles. The van der Waals surface area contributed by atoms with Crippen LogP contribution in [0.15, 0.2) is 53.4 Å². The first kappa shape index (κ1) is 18.9. The molecule has 3 aromatic rings. The summed E-state index contributed by atoms with van der Waals surface area (Å²) in [5, 5.41) is 8.02. The van der Waals surface area contributed by atoms with E-state index in [-0.39, 0.29) is 0 Å². The van der Waals surface area contributed by atoms with Crippen molar-refractivity contribution in [1.29, 1.82) is 0 Å². The van der Waals surface area contributed by atoms with Crippen LogP contribution in [0.1, 0.15) is 40.5 Å². The smallest absolute Gasteiger partial charge is 0.150 e. The molecule has 0 spiro atoms. The maximum atomic E-state index is 12.7. The fraction of sp³-hybridized carbons (Fsp3) is 0.318. The Morgan fingerprint density at radius 1 is 1.14 bits per heavy atom. The Morgan fingerprint density at radius 3 is 2.61 bits per heavy atom. The molecule has 4 rings (SSSR count). The Labute approximate surface area is 168 Å². The molecule has 1 aliphatic carbocycles. The number of rotatable bonds is 6. The van der Waals surface area contributed by atoms with Crippen LogP contribution in [0.4, 0.5) is 5.69 Å². The van der Waals surface area contributed by atoms with Gasteiger partial charge in [0.1, 0.15) is 11.0 Å². The SMILES string of the molecule is Cc1nn(C)c(C)c1NS(=O)c1ccc(CNC2CCc3ccccc32)cc1. The molecule has 0 fully saturated rings. The molecule has 0 amide bonds. The fourth-order valence-electron chi connectivity index (χ4n) is 3.81. The maximum absolute atomic E-state index is 12.7. The van der Waals surface area contributed by atoms with Crippen LogP contribution in [-0.2, 0) is 31.0 Å². The molecule has 2 unspecified atom stereocenters. The summed E-state index contributed by atoms with van der Waals surface area (Å²) in [5.41, 5.74) is 6.74. The molecular formula is C22H26N4OS. The number of fused-ring (bicyclic) bond motifs is 1. The third-order valence-electron chi connectivity index (χ3n) is 5.53. The Morgan fingerprint density at radius 2 is 1.89 bits per heavy atom. The van der Waals surface area contributed by atoms with Crippen molar-refractivity contribution in [3.8, 4) is 0 Å². The molecule has 0 aliphatic heterocycles. The first-order valence-electron chi connectivity index (χ1n) is 9.61. The van der Waals surface area contributed by atoms with Gasteiger partial charge in [-0.15, -0.1) is 0 Å². The highest BCUT2D eigenvalue weighted by Crippen LogP contribution is 2.31. The van der Waals surface area contributed by atoms with Gasteiger partial charge < -0.3 is 5.32 Å². The topological polar surface area (TPSA) is 59.0 Å². The zero-order valence-corrected chi connectivity index (χ0v) is 17.3. The van der Waals surface area contributed by atoms with Crippen LogP contribution in [0.3, 0.4) is 0 Å². The summed E-state index contributed by atoms with van der Waals surface area (Å²) < 4.78 is 17.6. The standard InChI is InChI=1S/C22H26N4OS/c1-15-22(16(2)26(3)24-15)25-28(27)19-11-8-17(9-12-19)14-23-21-13-10-18-6-4-5-7-20(18)21/h4-9,11-12,21,23,25H,10,13-14H2,1-3H3. The minimum atomic E-state index is -1.31. The van der Waals surface area contributed by atoms with E-state index in [0.717, 1.165) is 41.4 Å². The van der Waals surface area contributed by atoms with Crippen LogP contribution in [0.5, 0.6) is 0 Å². The number of nitrogens with one attached hydrogen (secondary N) is 2. The van der Waals surface area contributed by atoms with E-state index in [1.165, 1.54) is 16.7 Å². The van der Waals surface area contributed by atoms with E-state index in [9.17, 15) is 4.21 Å². The molecule has 6 heteroatoms. The molecule has 1 aliphatic rings. The molecule has 2 N–H and O–H groups in total. The van der Waals surface area contributed by atoms with Gasteiger partial charge in [0.2, 0.25) is 0 Å². The zero-order valence-electron chi connectivity index (χ0n) is 16.5. The summed E-state index contributed by atoms with van der Waals surface area (Å²) in [7, 11) is 0.581. The molecule has 0 saturated carbocycles. The highest BCUT2D eigenvalue weighted by molar-refractivity contribution is 7.86. The van der Waals surface area contributed by atoms with Gasteiger partial charge in [-0.3, -0.25) is 9.40 Å². The monoisotopic (exact) mass is 394 g/mol. The summed E-state index contributed by atoms with van der Waals surface area (Å²) in [6.07, 6.45) is 2.29. The van der Waals surface area contributed by atoms with Crippen LogP contribution in [0.25, 0.3) is 0 Å². The van der Waals surface area contributed by atoms with Crippen molar-refractivity contribution < 1.29 is 4.21 Å². The average Bonchev–Trinajstić information content (AvgIpc) is 3.22. The van der Waals surface area contributed by atoms with Crippen LogP contribution in [-0.4, -0.2) is 14.0 Å². The van der Waals surface area contributed by atoms with Gasteiger partial charge in [0.05, 0.1) is 22.0 Å².